The van der Waals surface area contributed by atoms with Gasteiger partial charge in [0.25, 0.3) is 0 Å². The molecule has 1 aromatic carbocycles. The van der Waals surface area contributed by atoms with Crippen molar-refractivity contribution in [3.8, 4) is 5.75 Å². The van der Waals surface area contributed by atoms with E-state index < -0.39 is 10.0 Å². The van der Waals surface area contributed by atoms with Gasteiger partial charge in [-0.2, -0.15) is 4.52 Å². The van der Waals surface area contributed by atoms with Gasteiger partial charge in [-0.15, -0.1) is 15.3 Å². The van der Waals surface area contributed by atoms with Crippen LogP contribution >= 0.6 is 0 Å². The number of benzene rings is 1. The number of sulfonamides is 1. The van der Waals surface area contributed by atoms with Crippen LogP contribution in [0.3, 0.4) is 0 Å². The normalized spacial score (nSPS) is 11.6. The van der Waals surface area contributed by atoms with Gasteiger partial charge in [0.15, 0.2) is 11.5 Å². The third-order valence-electron chi connectivity index (χ3n) is 3.92. The van der Waals surface area contributed by atoms with E-state index in [-0.39, 0.29) is 6.54 Å². The molecule has 0 fully saturated rings. The van der Waals surface area contributed by atoms with E-state index in [4.69, 9.17) is 4.74 Å². The molecule has 0 aliphatic heterocycles. The van der Waals surface area contributed by atoms with E-state index in [1.807, 2.05) is 36.4 Å². The third kappa shape index (κ3) is 5.38. The lowest BCUT2D eigenvalue weighted by molar-refractivity contribution is 0.414. The van der Waals surface area contributed by atoms with Gasteiger partial charge in [0.05, 0.1) is 13.4 Å². The van der Waals surface area contributed by atoms with Crippen LogP contribution in [0.5, 0.6) is 5.75 Å². The summed E-state index contributed by atoms with van der Waals surface area (Å²) < 4.78 is 31.5. The van der Waals surface area contributed by atoms with Crippen molar-refractivity contribution in [2.24, 2.45) is 0 Å². The largest absolute Gasteiger partial charge is 0.497 e. The summed E-state index contributed by atoms with van der Waals surface area (Å²) in [6.07, 6.45) is 2.37. The zero-order valence-electron chi connectivity index (χ0n) is 15.2. The number of methoxy groups -OCH3 is 1. The average Bonchev–Trinajstić information content (AvgIpc) is 3.04. The van der Waals surface area contributed by atoms with E-state index in [1.165, 1.54) is 5.56 Å². The second-order valence-electron chi connectivity index (χ2n) is 6.05. The number of aromatic nitrogens is 4. The van der Waals surface area contributed by atoms with Crippen molar-refractivity contribution in [3.05, 3.63) is 47.8 Å². The number of anilines is 1. The van der Waals surface area contributed by atoms with Gasteiger partial charge in [0.1, 0.15) is 11.6 Å². The molecule has 0 bridgehead atoms. The highest BCUT2D eigenvalue weighted by atomic mass is 32.2. The first-order valence-corrected chi connectivity index (χ1v) is 10.4. The Morgan fingerprint density at radius 1 is 1.04 bits per heavy atom. The minimum Gasteiger partial charge on any atom is -0.497 e. The number of fused-ring (bicyclic) bond motifs is 1. The highest BCUT2D eigenvalue weighted by Gasteiger charge is 2.09. The Hall–Kier alpha value is -2.72. The molecule has 0 spiro atoms. The van der Waals surface area contributed by atoms with Crippen LogP contribution in [0.2, 0.25) is 0 Å². The minimum absolute atomic E-state index is 0.246. The van der Waals surface area contributed by atoms with Crippen LogP contribution in [-0.2, 0) is 22.9 Å². The predicted molar refractivity (Wildman–Crippen MR) is 103 cm³/mol. The predicted octanol–water partition coefficient (Wildman–Crippen LogP) is 0.879. The van der Waals surface area contributed by atoms with Gasteiger partial charge in [-0.3, -0.25) is 0 Å². The Balaban J connectivity index is 1.60. The van der Waals surface area contributed by atoms with Crippen molar-refractivity contribution < 1.29 is 13.2 Å². The second kappa shape index (κ2) is 8.31. The highest BCUT2D eigenvalue weighted by molar-refractivity contribution is 7.88. The molecule has 0 amide bonds. The van der Waals surface area contributed by atoms with E-state index in [0.29, 0.717) is 23.7 Å². The number of ether oxygens (including phenoxy) is 1. The number of hydrogen-bond donors (Lipinski definition) is 2. The van der Waals surface area contributed by atoms with Gasteiger partial charge >= 0.3 is 0 Å². The van der Waals surface area contributed by atoms with Gasteiger partial charge < -0.3 is 10.1 Å². The molecule has 0 saturated carbocycles. The molecule has 10 heteroatoms. The number of rotatable bonds is 9. The molecule has 0 radical (unpaired) electrons. The van der Waals surface area contributed by atoms with Crippen LogP contribution in [0, 0.1) is 0 Å². The maximum absolute atomic E-state index is 11.2. The number of nitrogens with zero attached hydrogens (tertiary/aromatic N) is 4. The van der Waals surface area contributed by atoms with Crippen molar-refractivity contribution >= 4 is 21.5 Å². The summed E-state index contributed by atoms with van der Waals surface area (Å²) in [6.45, 7) is 0.967. The maximum atomic E-state index is 11.2. The van der Waals surface area contributed by atoms with Crippen molar-refractivity contribution in [1.82, 2.24) is 24.5 Å². The first-order valence-electron chi connectivity index (χ1n) is 8.47. The first-order chi connectivity index (χ1) is 12.9. The summed E-state index contributed by atoms with van der Waals surface area (Å²) in [5.41, 5.74) is 1.81. The summed E-state index contributed by atoms with van der Waals surface area (Å²) in [7, 11) is -1.58. The third-order valence-corrected chi connectivity index (χ3v) is 4.65. The van der Waals surface area contributed by atoms with Gasteiger partial charge in [-0.1, -0.05) is 12.1 Å². The lowest BCUT2D eigenvalue weighted by Gasteiger charge is -2.07. The zero-order valence-corrected chi connectivity index (χ0v) is 16.0. The van der Waals surface area contributed by atoms with Crippen LogP contribution in [0.1, 0.15) is 11.4 Å². The molecular formula is C17H22N6O3S. The smallest absolute Gasteiger partial charge is 0.208 e. The molecule has 0 saturated heterocycles. The van der Waals surface area contributed by atoms with Crippen molar-refractivity contribution in [1.29, 1.82) is 0 Å². The number of nitrogens with one attached hydrogen (secondary N) is 2. The van der Waals surface area contributed by atoms with E-state index >= 15 is 0 Å². The van der Waals surface area contributed by atoms with Crippen LogP contribution < -0.4 is 14.8 Å². The molecule has 2 N–H and O–H groups in total. The first kappa shape index (κ1) is 19.1. The Morgan fingerprint density at radius 3 is 2.52 bits per heavy atom. The Kier molecular flexibility index (Phi) is 5.87. The van der Waals surface area contributed by atoms with Crippen LogP contribution in [0.25, 0.3) is 5.65 Å². The van der Waals surface area contributed by atoms with Crippen molar-refractivity contribution in [2.75, 3.05) is 31.8 Å². The molecule has 3 aromatic rings. The van der Waals surface area contributed by atoms with Crippen LogP contribution in [0.15, 0.2) is 36.4 Å². The van der Waals surface area contributed by atoms with Crippen LogP contribution in [-0.4, -0.2) is 54.7 Å². The molecule has 2 aromatic heterocycles. The zero-order chi connectivity index (χ0) is 19.3. The monoisotopic (exact) mass is 390 g/mol. The average molecular weight is 390 g/mol. The Bertz CT molecular complexity index is 1000. The quantitative estimate of drug-likeness (QED) is 0.558. The molecule has 2 heterocycles. The highest BCUT2D eigenvalue weighted by Crippen LogP contribution is 2.12. The van der Waals surface area contributed by atoms with Crippen molar-refractivity contribution in [3.63, 3.8) is 0 Å². The number of hydrogen-bond acceptors (Lipinski definition) is 7. The second-order valence-corrected chi connectivity index (χ2v) is 7.88. The molecule has 0 aliphatic rings. The maximum Gasteiger partial charge on any atom is 0.208 e. The van der Waals surface area contributed by atoms with Crippen molar-refractivity contribution in [2.45, 2.75) is 12.8 Å². The minimum atomic E-state index is -3.23. The Morgan fingerprint density at radius 2 is 1.81 bits per heavy atom. The standard InChI is InChI=1S/C17H22N6O3S/c1-26-14-5-3-13(4-6-14)9-11-18-15-7-8-16-20-21-17(23(16)22-15)10-12-19-27(2,24)25/h3-8,19H,9-12H2,1-2H3,(H,18,22). The summed E-state index contributed by atoms with van der Waals surface area (Å²) in [6, 6.07) is 11.6. The van der Waals surface area contributed by atoms with E-state index in [9.17, 15) is 8.42 Å². The molecule has 3 rings (SSSR count). The molecule has 27 heavy (non-hydrogen) atoms. The molecule has 144 valence electrons. The lowest BCUT2D eigenvalue weighted by Crippen LogP contribution is -2.25. The fraction of sp³-hybridized carbons (Fsp3) is 0.353. The van der Waals surface area contributed by atoms with E-state index in [1.54, 1.807) is 11.6 Å². The summed E-state index contributed by atoms with van der Waals surface area (Å²) in [5.74, 6) is 2.14. The molecule has 0 aliphatic carbocycles. The fourth-order valence-electron chi connectivity index (χ4n) is 2.56. The molecule has 0 atom stereocenters. The summed E-state index contributed by atoms with van der Waals surface area (Å²) >= 11 is 0. The van der Waals surface area contributed by atoms with Gasteiger partial charge in [0, 0.05) is 19.5 Å². The van der Waals surface area contributed by atoms with Gasteiger partial charge in [-0.25, -0.2) is 13.1 Å². The molecular weight excluding hydrogens is 368 g/mol. The lowest BCUT2D eigenvalue weighted by atomic mass is 10.1. The fourth-order valence-corrected chi connectivity index (χ4v) is 3.03. The topological polar surface area (TPSA) is 111 Å². The summed E-state index contributed by atoms with van der Waals surface area (Å²) in [4.78, 5) is 0. The molecule has 0 unspecified atom stereocenters. The SMILES string of the molecule is COc1ccc(CCNc2ccc3nnc(CCNS(C)(=O)=O)n3n2)cc1. The van der Waals surface area contributed by atoms with E-state index in [0.717, 1.165) is 25.0 Å². The van der Waals surface area contributed by atoms with Gasteiger partial charge in [-0.05, 0) is 36.2 Å². The van der Waals surface area contributed by atoms with Crippen LogP contribution in [0.4, 0.5) is 5.82 Å². The summed E-state index contributed by atoms with van der Waals surface area (Å²) in [5, 5.41) is 15.9. The van der Waals surface area contributed by atoms with Gasteiger partial charge in [0.2, 0.25) is 10.0 Å². The van der Waals surface area contributed by atoms with E-state index in [2.05, 4.69) is 25.3 Å². The molecule has 9 nitrogen and oxygen atoms in total. The Labute approximate surface area is 157 Å².